The molecule has 1 N–H and O–H groups in total. The topological polar surface area (TPSA) is 59.8 Å². The molecule has 1 amide bonds. The zero-order valence-electron chi connectivity index (χ0n) is 14.9. The van der Waals surface area contributed by atoms with E-state index in [4.69, 9.17) is 0 Å². The van der Waals surface area contributed by atoms with Gasteiger partial charge in [-0.2, -0.15) is 0 Å². The van der Waals surface area contributed by atoms with Crippen molar-refractivity contribution >= 4 is 11.6 Å². The molecule has 5 nitrogen and oxygen atoms in total. The molecule has 4 aromatic rings. The molecule has 138 valence electrons. The minimum Gasteiger partial charge on any atom is -0.319 e. The SMILES string of the molecule is O=C(Nc1ccc(F)cc1)c1nc(Cc2ccccc2)n(-c2ccccc2)n1. The van der Waals surface area contributed by atoms with Crippen LogP contribution < -0.4 is 5.32 Å². The third-order valence-corrected chi connectivity index (χ3v) is 4.19. The lowest BCUT2D eigenvalue weighted by Gasteiger charge is -2.05. The minimum absolute atomic E-state index is 0.0547. The van der Waals surface area contributed by atoms with Crippen molar-refractivity contribution in [2.24, 2.45) is 0 Å². The van der Waals surface area contributed by atoms with E-state index in [0.717, 1.165) is 11.3 Å². The molecule has 0 aliphatic heterocycles. The number of nitrogens with one attached hydrogen (secondary N) is 1. The Balaban J connectivity index is 1.66. The molecule has 0 spiro atoms. The van der Waals surface area contributed by atoms with Gasteiger partial charge in [0.1, 0.15) is 11.6 Å². The molecule has 0 atom stereocenters. The van der Waals surface area contributed by atoms with Gasteiger partial charge in [-0.1, -0.05) is 48.5 Å². The number of carbonyl (C=O) groups excluding carboxylic acids is 1. The first-order valence-electron chi connectivity index (χ1n) is 8.81. The molecule has 0 aliphatic rings. The first kappa shape index (κ1) is 17.6. The number of anilines is 1. The number of rotatable bonds is 5. The largest absolute Gasteiger partial charge is 0.319 e. The van der Waals surface area contributed by atoms with Crippen molar-refractivity contribution in [3.8, 4) is 5.69 Å². The van der Waals surface area contributed by atoms with E-state index >= 15 is 0 Å². The fraction of sp³-hybridized carbons (Fsp3) is 0.0455. The molecular weight excluding hydrogens is 355 g/mol. The van der Waals surface area contributed by atoms with E-state index in [2.05, 4.69) is 15.4 Å². The molecule has 0 bridgehead atoms. The summed E-state index contributed by atoms with van der Waals surface area (Å²) < 4.78 is 14.7. The zero-order chi connectivity index (χ0) is 19.3. The Bertz CT molecular complexity index is 1080. The number of halogens is 1. The lowest BCUT2D eigenvalue weighted by atomic mass is 10.1. The molecule has 0 fully saturated rings. The summed E-state index contributed by atoms with van der Waals surface area (Å²) in [6.07, 6.45) is 0.534. The summed E-state index contributed by atoms with van der Waals surface area (Å²) >= 11 is 0. The van der Waals surface area contributed by atoms with Crippen LogP contribution in [0.4, 0.5) is 10.1 Å². The molecular formula is C22H17FN4O. The summed E-state index contributed by atoms with van der Waals surface area (Å²) in [7, 11) is 0. The monoisotopic (exact) mass is 372 g/mol. The van der Waals surface area contributed by atoms with Gasteiger partial charge in [0.2, 0.25) is 5.82 Å². The standard InChI is InChI=1S/C22H17FN4O/c23-17-11-13-18(14-12-17)24-22(28)21-25-20(15-16-7-3-1-4-8-16)27(26-21)19-9-5-2-6-10-19/h1-14H,15H2,(H,24,28). The number of para-hydroxylation sites is 1. The van der Waals surface area contributed by atoms with E-state index in [-0.39, 0.29) is 11.6 Å². The fourth-order valence-corrected chi connectivity index (χ4v) is 2.83. The Morgan fingerprint density at radius 2 is 1.54 bits per heavy atom. The zero-order valence-corrected chi connectivity index (χ0v) is 14.9. The summed E-state index contributed by atoms with van der Waals surface area (Å²) in [5.41, 5.74) is 2.37. The summed E-state index contributed by atoms with van der Waals surface area (Å²) in [5, 5.41) is 7.11. The normalized spacial score (nSPS) is 10.6. The highest BCUT2D eigenvalue weighted by atomic mass is 19.1. The lowest BCUT2D eigenvalue weighted by molar-refractivity contribution is 0.101. The predicted octanol–water partition coefficient (Wildman–Crippen LogP) is 4.25. The summed E-state index contributed by atoms with van der Waals surface area (Å²) in [6.45, 7) is 0. The number of amides is 1. The minimum atomic E-state index is -0.449. The van der Waals surface area contributed by atoms with Gasteiger partial charge >= 0.3 is 0 Å². The second-order valence-corrected chi connectivity index (χ2v) is 6.22. The van der Waals surface area contributed by atoms with Gasteiger partial charge in [0.15, 0.2) is 0 Å². The number of benzene rings is 3. The van der Waals surface area contributed by atoms with E-state index in [0.29, 0.717) is 17.9 Å². The predicted molar refractivity (Wildman–Crippen MR) is 105 cm³/mol. The van der Waals surface area contributed by atoms with Crippen molar-refractivity contribution in [3.63, 3.8) is 0 Å². The molecule has 0 aliphatic carbocycles. The number of carbonyl (C=O) groups is 1. The van der Waals surface area contributed by atoms with Crippen LogP contribution in [0, 0.1) is 5.82 Å². The third kappa shape index (κ3) is 3.96. The number of hydrogen-bond acceptors (Lipinski definition) is 3. The van der Waals surface area contributed by atoms with Gasteiger partial charge in [0, 0.05) is 12.1 Å². The Hall–Kier alpha value is -3.80. The number of nitrogens with zero attached hydrogens (tertiary/aromatic N) is 3. The van der Waals surface area contributed by atoms with Gasteiger partial charge in [-0.15, -0.1) is 5.10 Å². The maximum absolute atomic E-state index is 13.1. The van der Waals surface area contributed by atoms with Crippen molar-refractivity contribution in [1.82, 2.24) is 14.8 Å². The lowest BCUT2D eigenvalue weighted by Crippen LogP contribution is -2.14. The molecule has 0 saturated carbocycles. The average molecular weight is 372 g/mol. The van der Waals surface area contributed by atoms with Crippen LogP contribution in [0.5, 0.6) is 0 Å². The number of aromatic nitrogens is 3. The molecule has 0 saturated heterocycles. The average Bonchev–Trinajstić information content (AvgIpc) is 3.15. The highest BCUT2D eigenvalue weighted by Crippen LogP contribution is 2.15. The quantitative estimate of drug-likeness (QED) is 0.570. The van der Waals surface area contributed by atoms with E-state index in [1.807, 2.05) is 60.7 Å². The van der Waals surface area contributed by atoms with Gasteiger partial charge in [-0.3, -0.25) is 4.79 Å². The summed E-state index contributed by atoms with van der Waals surface area (Å²) in [4.78, 5) is 17.1. The molecule has 0 radical (unpaired) electrons. The summed E-state index contributed by atoms with van der Waals surface area (Å²) in [5.74, 6) is -0.106. The van der Waals surface area contributed by atoms with E-state index < -0.39 is 5.91 Å². The Morgan fingerprint density at radius 1 is 0.893 bits per heavy atom. The highest BCUT2D eigenvalue weighted by Gasteiger charge is 2.18. The summed E-state index contributed by atoms with van der Waals surface area (Å²) in [6, 6.07) is 25.0. The fourth-order valence-electron chi connectivity index (χ4n) is 2.83. The van der Waals surface area contributed by atoms with Gasteiger partial charge in [0.05, 0.1) is 5.69 Å². The maximum Gasteiger partial charge on any atom is 0.295 e. The number of hydrogen-bond donors (Lipinski definition) is 1. The van der Waals surface area contributed by atoms with Crippen LogP contribution in [-0.4, -0.2) is 20.7 Å². The second-order valence-electron chi connectivity index (χ2n) is 6.22. The van der Waals surface area contributed by atoms with Crippen LogP contribution in [0.15, 0.2) is 84.9 Å². The van der Waals surface area contributed by atoms with Gasteiger partial charge < -0.3 is 5.32 Å². The van der Waals surface area contributed by atoms with Crippen LogP contribution in [-0.2, 0) is 6.42 Å². The molecule has 4 rings (SSSR count). The molecule has 6 heteroatoms. The van der Waals surface area contributed by atoms with E-state index in [1.165, 1.54) is 24.3 Å². The van der Waals surface area contributed by atoms with Crippen molar-refractivity contribution < 1.29 is 9.18 Å². The Labute approximate surface area is 161 Å². The van der Waals surface area contributed by atoms with Crippen LogP contribution in [0.2, 0.25) is 0 Å². The van der Waals surface area contributed by atoms with Gasteiger partial charge in [0.25, 0.3) is 5.91 Å². The van der Waals surface area contributed by atoms with E-state index in [9.17, 15) is 9.18 Å². The van der Waals surface area contributed by atoms with E-state index in [1.54, 1.807) is 4.68 Å². The van der Waals surface area contributed by atoms with Crippen molar-refractivity contribution in [1.29, 1.82) is 0 Å². The highest BCUT2D eigenvalue weighted by molar-refractivity contribution is 6.01. The van der Waals surface area contributed by atoms with Crippen molar-refractivity contribution in [2.45, 2.75) is 6.42 Å². The van der Waals surface area contributed by atoms with Crippen LogP contribution >= 0.6 is 0 Å². The first-order valence-corrected chi connectivity index (χ1v) is 8.81. The first-order chi connectivity index (χ1) is 13.7. The maximum atomic E-state index is 13.1. The molecule has 3 aromatic carbocycles. The van der Waals surface area contributed by atoms with Crippen molar-refractivity contribution in [2.75, 3.05) is 5.32 Å². The molecule has 1 heterocycles. The van der Waals surface area contributed by atoms with Gasteiger partial charge in [-0.05, 0) is 42.0 Å². The smallest absolute Gasteiger partial charge is 0.295 e. The Kier molecular flexibility index (Phi) is 4.93. The Morgan fingerprint density at radius 3 is 2.21 bits per heavy atom. The van der Waals surface area contributed by atoms with Crippen LogP contribution in [0.1, 0.15) is 22.0 Å². The molecule has 1 aromatic heterocycles. The third-order valence-electron chi connectivity index (χ3n) is 4.19. The molecule has 0 unspecified atom stereocenters. The van der Waals surface area contributed by atoms with Crippen LogP contribution in [0.3, 0.4) is 0 Å². The van der Waals surface area contributed by atoms with Crippen LogP contribution in [0.25, 0.3) is 5.69 Å². The van der Waals surface area contributed by atoms with Gasteiger partial charge in [-0.25, -0.2) is 14.1 Å². The second kappa shape index (κ2) is 7.84. The van der Waals surface area contributed by atoms with Crippen molar-refractivity contribution in [3.05, 3.63) is 108 Å². The molecule has 28 heavy (non-hydrogen) atoms.